The van der Waals surface area contributed by atoms with Crippen LogP contribution in [0.15, 0.2) is 36.4 Å². The summed E-state index contributed by atoms with van der Waals surface area (Å²) in [5.74, 6) is 0.862. The van der Waals surface area contributed by atoms with Crippen molar-refractivity contribution in [2.24, 2.45) is 0 Å². The SMILES string of the molecule is CCc1ccc(COc2ccc(N)cc2)s1. The van der Waals surface area contributed by atoms with E-state index in [1.54, 1.807) is 11.3 Å². The van der Waals surface area contributed by atoms with Gasteiger partial charge in [-0.15, -0.1) is 11.3 Å². The molecule has 0 atom stereocenters. The highest BCUT2D eigenvalue weighted by Crippen LogP contribution is 2.20. The zero-order chi connectivity index (χ0) is 11.4. The van der Waals surface area contributed by atoms with Crippen LogP contribution in [0.5, 0.6) is 5.75 Å². The van der Waals surface area contributed by atoms with E-state index in [1.165, 1.54) is 9.75 Å². The van der Waals surface area contributed by atoms with E-state index in [0.717, 1.165) is 17.9 Å². The van der Waals surface area contributed by atoms with Gasteiger partial charge in [-0.05, 0) is 42.8 Å². The molecule has 0 radical (unpaired) electrons. The molecular weight excluding hydrogens is 218 g/mol. The molecule has 0 aliphatic carbocycles. The Morgan fingerprint density at radius 3 is 2.38 bits per heavy atom. The summed E-state index contributed by atoms with van der Waals surface area (Å²) >= 11 is 1.81. The summed E-state index contributed by atoms with van der Waals surface area (Å²) in [4.78, 5) is 2.66. The van der Waals surface area contributed by atoms with Crippen LogP contribution in [0, 0.1) is 0 Å². The number of benzene rings is 1. The predicted octanol–water partition coefficient (Wildman–Crippen LogP) is 3.47. The Bertz CT molecular complexity index is 447. The minimum absolute atomic E-state index is 0.634. The molecule has 2 aromatic rings. The van der Waals surface area contributed by atoms with E-state index in [4.69, 9.17) is 10.5 Å². The Balaban J connectivity index is 1.94. The van der Waals surface area contributed by atoms with Crippen LogP contribution in [0.1, 0.15) is 16.7 Å². The van der Waals surface area contributed by atoms with Gasteiger partial charge in [0.15, 0.2) is 0 Å². The molecule has 0 fully saturated rings. The van der Waals surface area contributed by atoms with Crippen LogP contribution in [0.2, 0.25) is 0 Å². The molecule has 84 valence electrons. The Kier molecular flexibility index (Phi) is 3.47. The van der Waals surface area contributed by atoms with Crippen LogP contribution in [0.3, 0.4) is 0 Å². The summed E-state index contributed by atoms with van der Waals surface area (Å²) in [6.45, 7) is 2.80. The molecule has 0 aliphatic rings. The van der Waals surface area contributed by atoms with Gasteiger partial charge in [-0.1, -0.05) is 6.92 Å². The number of nitrogen functional groups attached to an aromatic ring is 1. The lowest BCUT2D eigenvalue weighted by molar-refractivity contribution is 0.310. The van der Waals surface area contributed by atoms with Gasteiger partial charge < -0.3 is 10.5 Å². The minimum Gasteiger partial charge on any atom is -0.488 e. The number of anilines is 1. The second kappa shape index (κ2) is 5.03. The fourth-order valence-corrected chi connectivity index (χ4v) is 2.28. The smallest absolute Gasteiger partial charge is 0.122 e. The summed E-state index contributed by atoms with van der Waals surface area (Å²) in [5, 5.41) is 0. The maximum absolute atomic E-state index is 5.66. The predicted molar refractivity (Wildman–Crippen MR) is 68.9 cm³/mol. The lowest BCUT2D eigenvalue weighted by atomic mass is 10.3. The molecule has 2 rings (SSSR count). The molecule has 0 aliphatic heterocycles. The Labute approximate surface area is 99.7 Å². The molecule has 1 aromatic heterocycles. The highest BCUT2D eigenvalue weighted by molar-refractivity contribution is 7.11. The number of rotatable bonds is 4. The Hall–Kier alpha value is -1.48. The lowest BCUT2D eigenvalue weighted by Crippen LogP contribution is -1.93. The van der Waals surface area contributed by atoms with Gasteiger partial charge in [0, 0.05) is 15.4 Å². The van der Waals surface area contributed by atoms with Crippen LogP contribution in [0.25, 0.3) is 0 Å². The van der Waals surface area contributed by atoms with Gasteiger partial charge in [0.25, 0.3) is 0 Å². The van der Waals surface area contributed by atoms with Crippen molar-refractivity contribution in [3.05, 3.63) is 46.2 Å². The number of ether oxygens (including phenoxy) is 1. The molecule has 2 nitrogen and oxygen atoms in total. The van der Waals surface area contributed by atoms with Gasteiger partial charge in [-0.25, -0.2) is 0 Å². The maximum atomic E-state index is 5.66. The van der Waals surface area contributed by atoms with Crippen LogP contribution in [0.4, 0.5) is 5.69 Å². The molecule has 0 unspecified atom stereocenters. The first-order valence-electron chi connectivity index (χ1n) is 5.34. The van der Waals surface area contributed by atoms with Crippen molar-refractivity contribution in [3.63, 3.8) is 0 Å². The Morgan fingerprint density at radius 1 is 1.06 bits per heavy atom. The average Bonchev–Trinajstić information content (AvgIpc) is 2.76. The number of aryl methyl sites for hydroxylation is 1. The molecule has 2 N–H and O–H groups in total. The lowest BCUT2D eigenvalue weighted by Gasteiger charge is -2.04. The summed E-state index contributed by atoms with van der Waals surface area (Å²) in [5.41, 5.74) is 6.36. The topological polar surface area (TPSA) is 35.2 Å². The molecule has 0 spiro atoms. The Morgan fingerprint density at radius 2 is 1.75 bits per heavy atom. The number of hydrogen-bond donors (Lipinski definition) is 1. The van der Waals surface area contributed by atoms with Crippen molar-refractivity contribution in [1.29, 1.82) is 0 Å². The van der Waals surface area contributed by atoms with E-state index < -0.39 is 0 Å². The number of thiophene rings is 1. The zero-order valence-electron chi connectivity index (χ0n) is 9.27. The molecule has 1 aromatic carbocycles. The molecule has 1 heterocycles. The largest absolute Gasteiger partial charge is 0.488 e. The first kappa shape index (κ1) is 11.0. The quantitative estimate of drug-likeness (QED) is 0.821. The normalized spacial score (nSPS) is 10.3. The summed E-state index contributed by atoms with van der Waals surface area (Å²) < 4.78 is 5.66. The second-order valence-electron chi connectivity index (χ2n) is 3.58. The van der Waals surface area contributed by atoms with Gasteiger partial charge in [-0.2, -0.15) is 0 Å². The van der Waals surface area contributed by atoms with Crippen LogP contribution in [-0.2, 0) is 13.0 Å². The highest BCUT2D eigenvalue weighted by atomic mass is 32.1. The van der Waals surface area contributed by atoms with Crippen molar-refractivity contribution in [1.82, 2.24) is 0 Å². The molecule has 0 saturated carbocycles. The molecule has 0 bridgehead atoms. The third-order valence-corrected chi connectivity index (χ3v) is 3.53. The van der Waals surface area contributed by atoms with E-state index in [1.807, 2.05) is 24.3 Å². The van der Waals surface area contributed by atoms with E-state index in [2.05, 4.69) is 19.1 Å². The first-order chi connectivity index (χ1) is 7.78. The van der Waals surface area contributed by atoms with Crippen molar-refractivity contribution in [3.8, 4) is 5.75 Å². The average molecular weight is 233 g/mol. The van der Waals surface area contributed by atoms with Gasteiger partial charge in [-0.3, -0.25) is 0 Å². The van der Waals surface area contributed by atoms with Gasteiger partial charge in [0.2, 0.25) is 0 Å². The molecule has 3 heteroatoms. The summed E-state index contributed by atoms with van der Waals surface area (Å²) in [7, 11) is 0. The van der Waals surface area contributed by atoms with Gasteiger partial charge >= 0.3 is 0 Å². The van der Waals surface area contributed by atoms with Gasteiger partial charge in [0.1, 0.15) is 12.4 Å². The van der Waals surface area contributed by atoms with Crippen molar-refractivity contribution in [2.75, 3.05) is 5.73 Å². The number of nitrogens with two attached hydrogens (primary N) is 1. The van der Waals surface area contributed by atoms with Crippen molar-refractivity contribution >= 4 is 17.0 Å². The van der Waals surface area contributed by atoms with Crippen LogP contribution >= 0.6 is 11.3 Å². The summed E-state index contributed by atoms with van der Waals surface area (Å²) in [6, 6.07) is 11.8. The van der Waals surface area contributed by atoms with E-state index in [9.17, 15) is 0 Å². The van der Waals surface area contributed by atoms with E-state index in [-0.39, 0.29) is 0 Å². The standard InChI is InChI=1S/C13H15NOS/c1-2-12-7-8-13(16-12)9-15-11-5-3-10(14)4-6-11/h3-8H,2,9,14H2,1H3. The van der Waals surface area contributed by atoms with Crippen LogP contribution < -0.4 is 10.5 Å². The fourth-order valence-electron chi connectivity index (χ4n) is 1.41. The highest BCUT2D eigenvalue weighted by Gasteiger charge is 1.99. The monoisotopic (exact) mass is 233 g/mol. The van der Waals surface area contributed by atoms with Crippen molar-refractivity contribution in [2.45, 2.75) is 20.0 Å². The van der Waals surface area contributed by atoms with E-state index >= 15 is 0 Å². The van der Waals surface area contributed by atoms with Gasteiger partial charge in [0.05, 0.1) is 0 Å². The third kappa shape index (κ3) is 2.76. The molecule has 0 amide bonds. The minimum atomic E-state index is 0.634. The van der Waals surface area contributed by atoms with E-state index in [0.29, 0.717) is 6.61 Å². The zero-order valence-corrected chi connectivity index (χ0v) is 10.1. The van der Waals surface area contributed by atoms with Crippen molar-refractivity contribution < 1.29 is 4.74 Å². The fraction of sp³-hybridized carbons (Fsp3) is 0.231. The second-order valence-corrected chi connectivity index (χ2v) is 4.83. The summed E-state index contributed by atoms with van der Waals surface area (Å²) in [6.07, 6.45) is 1.09. The van der Waals surface area contributed by atoms with Crippen LogP contribution in [-0.4, -0.2) is 0 Å². The first-order valence-corrected chi connectivity index (χ1v) is 6.15. The maximum Gasteiger partial charge on any atom is 0.122 e. The number of hydrogen-bond acceptors (Lipinski definition) is 3. The molecule has 16 heavy (non-hydrogen) atoms. The molecular formula is C13H15NOS. The molecule has 0 saturated heterocycles. The third-order valence-electron chi connectivity index (χ3n) is 2.33.